The quantitative estimate of drug-likeness (QED) is 0.844. The van der Waals surface area contributed by atoms with Gasteiger partial charge in [-0.2, -0.15) is 0 Å². The van der Waals surface area contributed by atoms with Crippen molar-refractivity contribution in [2.24, 2.45) is 0 Å². The van der Waals surface area contributed by atoms with Crippen LogP contribution in [-0.2, 0) is 0 Å². The minimum atomic E-state index is -0.0364. The average Bonchev–Trinajstić information content (AvgIpc) is 3.07. The number of rotatable bonds is 7. The monoisotopic (exact) mass is 330 g/mol. The van der Waals surface area contributed by atoms with E-state index >= 15 is 0 Å². The highest BCUT2D eigenvalue weighted by molar-refractivity contribution is 5.54. The Balaban J connectivity index is 1.91. The number of fused-ring (bicyclic) bond motifs is 1. The number of ether oxygens (including phenoxy) is 4. The minimum absolute atomic E-state index is 0.0364. The number of aliphatic hydroxyl groups excluding tert-OH is 1. The van der Waals surface area contributed by atoms with Gasteiger partial charge in [-0.3, -0.25) is 0 Å². The number of hydrogen-bond donors (Lipinski definition) is 1. The van der Waals surface area contributed by atoms with Crippen molar-refractivity contribution in [1.82, 2.24) is 0 Å². The SMILES string of the molecule is CCOc1ccc([C@H](C)c2cc3c(cc2OCCO)OCO3)cc1. The van der Waals surface area contributed by atoms with Gasteiger partial charge in [-0.1, -0.05) is 19.1 Å². The second-order valence-electron chi connectivity index (χ2n) is 5.54. The molecule has 0 spiro atoms. The summed E-state index contributed by atoms with van der Waals surface area (Å²) in [4.78, 5) is 0. The van der Waals surface area contributed by atoms with Crippen LogP contribution in [0.1, 0.15) is 30.9 Å². The van der Waals surface area contributed by atoms with Crippen LogP contribution in [0.4, 0.5) is 0 Å². The lowest BCUT2D eigenvalue weighted by Gasteiger charge is -2.18. The number of benzene rings is 2. The maximum atomic E-state index is 9.05. The summed E-state index contributed by atoms with van der Waals surface area (Å²) in [6.45, 7) is 5.15. The normalized spacial score (nSPS) is 13.6. The molecule has 0 saturated heterocycles. The first-order valence-electron chi connectivity index (χ1n) is 8.13. The van der Waals surface area contributed by atoms with Crippen molar-refractivity contribution in [1.29, 1.82) is 0 Å². The van der Waals surface area contributed by atoms with E-state index in [1.807, 2.05) is 31.2 Å². The molecule has 0 radical (unpaired) electrons. The van der Waals surface area contributed by atoms with E-state index in [-0.39, 0.29) is 25.9 Å². The fourth-order valence-corrected chi connectivity index (χ4v) is 2.76. The molecule has 3 rings (SSSR count). The molecule has 0 aromatic heterocycles. The van der Waals surface area contributed by atoms with Crippen molar-refractivity contribution >= 4 is 0 Å². The Hall–Kier alpha value is -2.40. The predicted octanol–water partition coefficient (Wildman–Crippen LogP) is 3.34. The molecule has 0 fully saturated rings. The molecule has 5 heteroatoms. The summed E-state index contributed by atoms with van der Waals surface area (Å²) in [7, 11) is 0. The van der Waals surface area contributed by atoms with Crippen LogP contribution in [0.25, 0.3) is 0 Å². The zero-order valence-electron chi connectivity index (χ0n) is 14.0. The molecule has 2 aromatic rings. The third-order valence-corrected chi connectivity index (χ3v) is 4.01. The van der Waals surface area contributed by atoms with E-state index in [4.69, 9.17) is 24.1 Å². The summed E-state index contributed by atoms with van der Waals surface area (Å²) in [6.07, 6.45) is 0. The Bertz CT molecular complexity index is 681. The maximum Gasteiger partial charge on any atom is 0.231 e. The predicted molar refractivity (Wildman–Crippen MR) is 90.3 cm³/mol. The molecule has 0 amide bonds. The fraction of sp³-hybridized carbons (Fsp3) is 0.368. The average molecular weight is 330 g/mol. The number of aliphatic hydroxyl groups is 1. The van der Waals surface area contributed by atoms with E-state index in [0.29, 0.717) is 18.1 Å². The van der Waals surface area contributed by atoms with E-state index in [1.165, 1.54) is 0 Å². The first-order valence-corrected chi connectivity index (χ1v) is 8.13. The van der Waals surface area contributed by atoms with Crippen molar-refractivity contribution in [2.75, 3.05) is 26.6 Å². The molecule has 0 bridgehead atoms. The zero-order chi connectivity index (χ0) is 16.9. The van der Waals surface area contributed by atoms with Gasteiger partial charge in [0.1, 0.15) is 18.1 Å². The molecule has 1 atom stereocenters. The highest BCUT2D eigenvalue weighted by Crippen LogP contribution is 2.42. The topological polar surface area (TPSA) is 57.2 Å². The fourth-order valence-electron chi connectivity index (χ4n) is 2.76. The smallest absolute Gasteiger partial charge is 0.231 e. The minimum Gasteiger partial charge on any atom is -0.494 e. The van der Waals surface area contributed by atoms with Crippen LogP contribution in [0, 0.1) is 0 Å². The van der Waals surface area contributed by atoms with E-state index < -0.39 is 0 Å². The first kappa shape index (κ1) is 16.5. The van der Waals surface area contributed by atoms with Crippen molar-refractivity contribution in [3.05, 3.63) is 47.5 Å². The van der Waals surface area contributed by atoms with Gasteiger partial charge >= 0.3 is 0 Å². The lowest BCUT2D eigenvalue weighted by atomic mass is 9.92. The summed E-state index contributed by atoms with van der Waals surface area (Å²) >= 11 is 0. The summed E-state index contributed by atoms with van der Waals surface area (Å²) in [5.74, 6) is 3.05. The van der Waals surface area contributed by atoms with Crippen LogP contribution in [0.3, 0.4) is 0 Å². The molecule has 1 N–H and O–H groups in total. The van der Waals surface area contributed by atoms with Crippen molar-refractivity contribution < 1.29 is 24.1 Å². The Morgan fingerprint density at radius 2 is 1.79 bits per heavy atom. The largest absolute Gasteiger partial charge is 0.494 e. The lowest BCUT2D eigenvalue weighted by Crippen LogP contribution is -2.06. The Kier molecular flexibility index (Phi) is 5.11. The van der Waals surface area contributed by atoms with Gasteiger partial charge in [0.25, 0.3) is 0 Å². The third-order valence-electron chi connectivity index (χ3n) is 4.01. The summed E-state index contributed by atoms with van der Waals surface area (Å²) in [5, 5.41) is 9.05. The molecule has 0 saturated carbocycles. The molecule has 2 aromatic carbocycles. The molecular formula is C19H22O5. The molecule has 0 unspecified atom stereocenters. The van der Waals surface area contributed by atoms with Gasteiger partial charge in [-0.25, -0.2) is 0 Å². The van der Waals surface area contributed by atoms with Gasteiger partial charge in [-0.15, -0.1) is 0 Å². The first-order chi connectivity index (χ1) is 11.7. The van der Waals surface area contributed by atoms with E-state index in [1.54, 1.807) is 0 Å². The van der Waals surface area contributed by atoms with Crippen LogP contribution >= 0.6 is 0 Å². The van der Waals surface area contributed by atoms with Gasteiger partial charge in [0.2, 0.25) is 6.79 Å². The molecular weight excluding hydrogens is 308 g/mol. The summed E-state index contributed by atoms with van der Waals surface area (Å²) < 4.78 is 22.1. The van der Waals surface area contributed by atoms with Crippen LogP contribution < -0.4 is 18.9 Å². The number of hydrogen-bond acceptors (Lipinski definition) is 5. The standard InChI is InChI=1S/C19H22O5/c1-3-21-15-6-4-14(5-7-15)13(2)16-10-18-19(24-12-23-18)11-17(16)22-9-8-20/h4-7,10-11,13,20H,3,8-9,12H2,1-2H3/t13-/m0/s1. The molecule has 128 valence electrons. The van der Waals surface area contributed by atoms with E-state index in [2.05, 4.69) is 19.1 Å². The van der Waals surface area contributed by atoms with Crippen molar-refractivity contribution in [2.45, 2.75) is 19.8 Å². The summed E-state index contributed by atoms with van der Waals surface area (Å²) in [5.41, 5.74) is 2.14. The molecule has 1 aliphatic rings. The van der Waals surface area contributed by atoms with Crippen LogP contribution in [0.5, 0.6) is 23.0 Å². The Morgan fingerprint density at radius 3 is 2.46 bits per heavy atom. The highest BCUT2D eigenvalue weighted by Gasteiger charge is 2.22. The van der Waals surface area contributed by atoms with Gasteiger partial charge in [0.15, 0.2) is 11.5 Å². The Morgan fingerprint density at radius 1 is 1.08 bits per heavy atom. The second kappa shape index (κ2) is 7.45. The third kappa shape index (κ3) is 3.41. The maximum absolute atomic E-state index is 9.05. The van der Waals surface area contributed by atoms with Crippen LogP contribution in [0.2, 0.25) is 0 Å². The Labute approximate surface area is 141 Å². The van der Waals surface area contributed by atoms with Crippen molar-refractivity contribution in [3.63, 3.8) is 0 Å². The van der Waals surface area contributed by atoms with Crippen molar-refractivity contribution in [3.8, 4) is 23.0 Å². The summed E-state index contributed by atoms with van der Waals surface area (Å²) in [6, 6.07) is 11.8. The lowest BCUT2D eigenvalue weighted by molar-refractivity contribution is 0.173. The molecule has 24 heavy (non-hydrogen) atoms. The van der Waals surface area contributed by atoms with Gasteiger partial charge < -0.3 is 24.1 Å². The molecule has 1 heterocycles. The van der Waals surface area contributed by atoms with Crippen LogP contribution in [-0.4, -0.2) is 31.7 Å². The van der Waals surface area contributed by atoms with E-state index in [0.717, 1.165) is 22.6 Å². The highest BCUT2D eigenvalue weighted by atomic mass is 16.7. The molecule has 5 nitrogen and oxygen atoms in total. The second-order valence-corrected chi connectivity index (χ2v) is 5.54. The van der Waals surface area contributed by atoms with Crippen LogP contribution in [0.15, 0.2) is 36.4 Å². The zero-order valence-corrected chi connectivity index (χ0v) is 14.0. The molecule has 1 aliphatic heterocycles. The van der Waals surface area contributed by atoms with Gasteiger partial charge in [0.05, 0.1) is 13.2 Å². The van der Waals surface area contributed by atoms with E-state index in [9.17, 15) is 0 Å². The molecule has 0 aliphatic carbocycles. The van der Waals surface area contributed by atoms with Gasteiger partial charge in [-0.05, 0) is 30.7 Å². The van der Waals surface area contributed by atoms with Gasteiger partial charge in [0, 0.05) is 17.5 Å².